The Morgan fingerprint density at radius 1 is 1.63 bits per heavy atom. The number of nitrogens with zero attached hydrogens (tertiary/aromatic N) is 2. The van der Waals surface area contributed by atoms with Crippen LogP contribution in [0.5, 0.6) is 0 Å². The Kier molecular flexibility index (Phi) is 4.06. The fourth-order valence-corrected chi connectivity index (χ4v) is 2.29. The van der Waals surface area contributed by atoms with Crippen LogP contribution in [0.2, 0.25) is 5.02 Å². The molecule has 1 aromatic heterocycles. The van der Waals surface area contributed by atoms with Crippen LogP contribution in [0, 0.1) is 18.7 Å². The van der Waals surface area contributed by atoms with Crippen LogP contribution in [0.4, 0.5) is 4.39 Å². The Hall–Kier alpha value is -1.20. The van der Waals surface area contributed by atoms with Crippen LogP contribution in [0.1, 0.15) is 30.0 Å². The van der Waals surface area contributed by atoms with Gasteiger partial charge in [0.15, 0.2) is 5.82 Å². The summed E-state index contributed by atoms with van der Waals surface area (Å²) in [7, 11) is 2.98. The van der Waals surface area contributed by atoms with E-state index >= 15 is 0 Å². The molecule has 0 bridgehead atoms. The average molecular weight is 287 g/mol. The van der Waals surface area contributed by atoms with Gasteiger partial charge in [-0.05, 0) is 31.2 Å². The van der Waals surface area contributed by atoms with Crippen molar-refractivity contribution in [2.24, 2.45) is 5.92 Å². The Morgan fingerprint density at radius 3 is 2.79 bits per heavy atom. The summed E-state index contributed by atoms with van der Waals surface area (Å²) >= 11 is 5.90. The monoisotopic (exact) mass is 286 g/mol. The van der Waals surface area contributed by atoms with Gasteiger partial charge in [0.1, 0.15) is 0 Å². The van der Waals surface area contributed by atoms with Crippen LogP contribution < -0.4 is 0 Å². The number of pyridine rings is 1. The summed E-state index contributed by atoms with van der Waals surface area (Å²) in [6.45, 7) is 1.68. The van der Waals surface area contributed by atoms with Crippen LogP contribution in [-0.2, 0) is 9.63 Å². The van der Waals surface area contributed by atoms with E-state index in [9.17, 15) is 9.18 Å². The van der Waals surface area contributed by atoms with Crippen molar-refractivity contribution in [2.75, 3.05) is 14.2 Å². The summed E-state index contributed by atoms with van der Waals surface area (Å²) in [5.41, 5.74) is 1.07. The number of rotatable bonds is 4. The molecule has 0 N–H and O–H groups in total. The van der Waals surface area contributed by atoms with Gasteiger partial charge < -0.3 is 0 Å². The predicted molar refractivity (Wildman–Crippen MR) is 69.2 cm³/mol. The highest BCUT2D eigenvalue weighted by Crippen LogP contribution is 2.44. The van der Waals surface area contributed by atoms with Crippen molar-refractivity contribution in [1.29, 1.82) is 0 Å². The predicted octanol–water partition coefficient (Wildman–Crippen LogP) is 2.70. The van der Waals surface area contributed by atoms with Crippen molar-refractivity contribution in [3.63, 3.8) is 0 Å². The van der Waals surface area contributed by atoms with E-state index < -0.39 is 11.7 Å². The normalized spacial score (nSPS) is 16.3. The van der Waals surface area contributed by atoms with Crippen molar-refractivity contribution in [3.05, 3.63) is 28.3 Å². The summed E-state index contributed by atoms with van der Waals surface area (Å²) in [6, 6.07) is 0. The highest BCUT2D eigenvalue weighted by atomic mass is 35.5. The molecule has 0 aliphatic heterocycles. The van der Waals surface area contributed by atoms with E-state index in [4.69, 9.17) is 16.4 Å². The third-order valence-corrected chi connectivity index (χ3v) is 3.94. The molecule has 4 nitrogen and oxygen atoms in total. The number of hydrogen-bond donors (Lipinski definition) is 0. The molecular weight excluding hydrogens is 271 g/mol. The standard InChI is InChI=1S/C13H16ClFN2O2/c1-7-11(14)9(15)6-16-12(7)10(8-4-5-8)13(18)17(2)19-3/h6,8,10H,4-5H2,1-3H3. The Bertz CT molecular complexity index is 506. The highest BCUT2D eigenvalue weighted by Gasteiger charge is 2.41. The van der Waals surface area contributed by atoms with Gasteiger partial charge in [-0.3, -0.25) is 14.6 Å². The summed E-state index contributed by atoms with van der Waals surface area (Å²) in [4.78, 5) is 21.3. The summed E-state index contributed by atoms with van der Waals surface area (Å²) in [6.07, 6.45) is 2.99. The van der Waals surface area contributed by atoms with Gasteiger partial charge in [-0.15, -0.1) is 0 Å². The van der Waals surface area contributed by atoms with Gasteiger partial charge in [0.2, 0.25) is 0 Å². The molecule has 1 saturated carbocycles. The van der Waals surface area contributed by atoms with Crippen LogP contribution in [0.15, 0.2) is 6.20 Å². The van der Waals surface area contributed by atoms with Crippen molar-refractivity contribution in [1.82, 2.24) is 10.0 Å². The Labute approximate surface area is 116 Å². The van der Waals surface area contributed by atoms with Gasteiger partial charge in [-0.2, -0.15) is 0 Å². The van der Waals surface area contributed by atoms with Crippen molar-refractivity contribution >= 4 is 17.5 Å². The van der Waals surface area contributed by atoms with Crippen molar-refractivity contribution < 1.29 is 14.0 Å². The molecule has 1 unspecified atom stereocenters. The van der Waals surface area contributed by atoms with Gasteiger partial charge in [0.25, 0.3) is 5.91 Å². The lowest BCUT2D eigenvalue weighted by Gasteiger charge is -2.22. The molecule has 1 atom stereocenters. The molecule has 1 amide bonds. The third kappa shape index (κ3) is 2.72. The van der Waals surface area contributed by atoms with Gasteiger partial charge in [-0.1, -0.05) is 11.6 Å². The van der Waals surface area contributed by atoms with Gasteiger partial charge in [0.05, 0.1) is 29.9 Å². The maximum atomic E-state index is 13.4. The lowest BCUT2D eigenvalue weighted by Crippen LogP contribution is -2.32. The van der Waals surface area contributed by atoms with Gasteiger partial charge in [0, 0.05) is 7.05 Å². The fourth-order valence-electron chi connectivity index (χ4n) is 2.14. The van der Waals surface area contributed by atoms with Crippen molar-refractivity contribution in [3.8, 4) is 0 Å². The molecule has 1 aromatic rings. The molecule has 1 fully saturated rings. The van der Waals surface area contributed by atoms with Crippen LogP contribution in [0.3, 0.4) is 0 Å². The van der Waals surface area contributed by atoms with E-state index in [0.717, 1.165) is 19.0 Å². The summed E-state index contributed by atoms with van der Waals surface area (Å²) in [5.74, 6) is -0.922. The lowest BCUT2D eigenvalue weighted by atomic mass is 9.94. The maximum Gasteiger partial charge on any atom is 0.255 e. The van der Waals surface area contributed by atoms with E-state index in [0.29, 0.717) is 11.3 Å². The molecule has 0 aromatic carbocycles. The molecule has 0 spiro atoms. The second-order valence-corrected chi connectivity index (χ2v) is 5.14. The molecule has 6 heteroatoms. The average Bonchev–Trinajstić information content (AvgIpc) is 3.22. The van der Waals surface area contributed by atoms with E-state index in [1.54, 1.807) is 14.0 Å². The van der Waals surface area contributed by atoms with Gasteiger partial charge in [-0.25, -0.2) is 9.45 Å². The lowest BCUT2D eigenvalue weighted by molar-refractivity contribution is -0.171. The minimum absolute atomic E-state index is 0.0310. The van der Waals surface area contributed by atoms with Crippen molar-refractivity contribution in [2.45, 2.75) is 25.7 Å². The summed E-state index contributed by atoms with van der Waals surface area (Å²) in [5, 5.41) is 1.21. The molecule has 1 aliphatic carbocycles. The van der Waals surface area contributed by atoms with Crippen LogP contribution >= 0.6 is 11.6 Å². The zero-order valence-corrected chi connectivity index (χ0v) is 11.9. The molecular formula is C13H16ClFN2O2. The van der Waals surface area contributed by atoms with Crippen LogP contribution in [0.25, 0.3) is 0 Å². The first-order valence-corrected chi connectivity index (χ1v) is 6.47. The molecule has 2 rings (SSSR count). The third-order valence-electron chi connectivity index (χ3n) is 3.48. The zero-order chi connectivity index (χ0) is 14.2. The first-order valence-electron chi connectivity index (χ1n) is 6.09. The number of hydrogen-bond acceptors (Lipinski definition) is 3. The fraction of sp³-hybridized carbons (Fsp3) is 0.538. The van der Waals surface area contributed by atoms with Crippen LogP contribution in [-0.4, -0.2) is 30.1 Å². The second kappa shape index (κ2) is 5.43. The largest absolute Gasteiger partial charge is 0.275 e. The van der Waals surface area contributed by atoms with E-state index in [-0.39, 0.29) is 16.8 Å². The Morgan fingerprint density at radius 2 is 2.26 bits per heavy atom. The van der Waals surface area contributed by atoms with E-state index in [1.807, 2.05) is 0 Å². The highest BCUT2D eigenvalue weighted by molar-refractivity contribution is 6.31. The SMILES string of the molecule is CON(C)C(=O)C(c1ncc(F)c(Cl)c1C)C1CC1. The minimum Gasteiger partial charge on any atom is -0.275 e. The molecule has 1 aliphatic rings. The minimum atomic E-state index is -0.565. The van der Waals surface area contributed by atoms with E-state index in [1.165, 1.54) is 12.2 Å². The quantitative estimate of drug-likeness (QED) is 0.799. The number of carbonyl (C=O) groups is 1. The molecule has 104 valence electrons. The Balaban J connectivity index is 2.40. The molecule has 1 heterocycles. The molecule has 0 radical (unpaired) electrons. The number of halogens is 2. The second-order valence-electron chi connectivity index (χ2n) is 4.76. The maximum absolute atomic E-state index is 13.4. The number of amides is 1. The number of aromatic nitrogens is 1. The summed E-state index contributed by atoms with van der Waals surface area (Å²) < 4.78 is 13.4. The first-order chi connectivity index (χ1) is 8.97. The smallest absolute Gasteiger partial charge is 0.255 e. The number of likely N-dealkylation sites (N-methyl/N-ethyl adjacent to an activating group) is 1. The molecule has 19 heavy (non-hydrogen) atoms. The molecule has 0 saturated heterocycles. The van der Waals surface area contributed by atoms with E-state index in [2.05, 4.69) is 4.98 Å². The van der Waals surface area contributed by atoms with Gasteiger partial charge >= 0.3 is 0 Å². The topological polar surface area (TPSA) is 42.4 Å². The first kappa shape index (κ1) is 14.2. The number of hydroxylamine groups is 2. The number of carbonyl (C=O) groups excluding carboxylic acids is 1. The zero-order valence-electron chi connectivity index (χ0n) is 11.1.